The Hall–Kier alpha value is -1.89. The van der Waals surface area contributed by atoms with Gasteiger partial charge in [-0.15, -0.1) is 0 Å². The van der Waals surface area contributed by atoms with E-state index in [-0.39, 0.29) is 29.1 Å². The molecule has 8 heteroatoms. The molecule has 0 saturated heterocycles. The second kappa shape index (κ2) is 5.44. The average molecular weight is 259 g/mol. The van der Waals surface area contributed by atoms with E-state index in [4.69, 9.17) is 11.6 Å². The van der Waals surface area contributed by atoms with Gasteiger partial charge in [-0.1, -0.05) is 11.6 Å². The zero-order chi connectivity index (χ0) is 13.0. The maximum absolute atomic E-state index is 11.3. The summed E-state index contributed by atoms with van der Waals surface area (Å²) in [5.74, 6) is 0.0221. The minimum absolute atomic E-state index is 0.000924. The van der Waals surface area contributed by atoms with Gasteiger partial charge < -0.3 is 10.2 Å². The van der Waals surface area contributed by atoms with Crippen LogP contribution in [0.25, 0.3) is 0 Å². The molecule has 0 fully saturated rings. The molecule has 0 aliphatic heterocycles. The number of amides is 1. The third-order valence-electron chi connectivity index (χ3n) is 1.91. The first-order chi connectivity index (χ1) is 7.90. The van der Waals surface area contributed by atoms with Gasteiger partial charge in [0.2, 0.25) is 5.91 Å². The van der Waals surface area contributed by atoms with E-state index in [1.54, 1.807) is 14.1 Å². The number of hydrogen-bond acceptors (Lipinski definition) is 5. The van der Waals surface area contributed by atoms with E-state index in [0.717, 1.165) is 6.07 Å². The minimum Gasteiger partial charge on any atom is -0.361 e. The zero-order valence-electron chi connectivity index (χ0n) is 9.31. The third kappa shape index (κ3) is 3.87. The molecule has 1 rings (SSSR count). The molecule has 1 heterocycles. The van der Waals surface area contributed by atoms with Crippen LogP contribution in [0.3, 0.4) is 0 Å². The van der Waals surface area contributed by atoms with Crippen LogP contribution in [0.4, 0.5) is 11.5 Å². The summed E-state index contributed by atoms with van der Waals surface area (Å²) >= 11 is 5.62. The summed E-state index contributed by atoms with van der Waals surface area (Å²) in [7, 11) is 3.22. The van der Waals surface area contributed by atoms with Crippen LogP contribution in [0.2, 0.25) is 5.15 Å². The fourth-order valence-corrected chi connectivity index (χ4v) is 1.21. The van der Waals surface area contributed by atoms with E-state index in [1.807, 2.05) is 0 Å². The quantitative estimate of drug-likeness (QED) is 0.497. The van der Waals surface area contributed by atoms with Gasteiger partial charge in [0.1, 0.15) is 11.0 Å². The number of anilines is 1. The van der Waals surface area contributed by atoms with Crippen molar-refractivity contribution in [2.24, 2.45) is 0 Å². The molecule has 0 spiro atoms. The smallest absolute Gasteiger partial charge is 0.276 e. The van der Waals surface area contributed by atoms with Crippen LogP contribution < -0.4 is 5.32 Å². The summed E-state index contributed by atoms with van der Waals surface area (Å²) < 4.78 is 0. The number of nitrogens with zero attached hydrogens (tertiary/aromatic N) is 3. The van der Waals surface area contributed by atoms with Gasteiger partial charge in [0.25, 0.3) is 5.69 Å². The number of carbonyl (C=O) groups excluding carboxylic acids is 1. The van der Waals surface area contributed by atoms with E-state index in [1.165, 1.54) is 11.0 Å². The van der Waals surface area contributed by atoms with Crippen molar-refractivity contribution in [1.29, 1.82) is 0 Å². The first-order valence-electron chi connectivity index (χ1n) is 4.66. The molecule has 17 heavy (non-hydrogen) atoms. The number of likely N-dealkylation sites (N-methyl/N-ethyl adjacent to an activating group) is 1. The molecule has 1 amide bonds. The molecule has 0 radical (unpaired) electrons. The number of pyridine rings is 1. The first kappa shape index (κ1) is 13.2. The van der Waals surface area contributed by atoms with Crippen molar-refractivity contribution in [3.05, 3.63) is 27.4 Å². The lowest BCUT2D eigenvalue weighted by molar-refractivity contribution is -0.384. The highest BCUT2D eigenvalue weighted by atomic mass is 35.5. The molecule has 1 aromatic heterocycles. The van der Waals surface area contributed by atoms with Gasteiger partial charge in [-0.2, -0.15) is 0 Å². The molecule has 0 aliphatic rings. The third-order valence-corrected chi connectivity index (χ3v) is 2.10. The Kier molecular flexibility index (Phi) is 4.22. The summed E-state index contributed by atoms with van der Waals surface area (Å²) in [5.41, 5.74) is -0.176. The molecule has 1 aromatic rings. The Balaban J connectivity index is 2.78. The minimum atomic E-state index is -0.577. The van der Waals surface area contributed by atoms with Crippen molar-refractivity contribution >= 4 is 29.0 Å². The maximum atomic E-state index is 11.3. The van der Waals surface area contributed by atoms with Crippen molar-refractivity contribution in [3.8, 4) is 0 Å². The lowest BCUT2D eigenvalue weighted by atomic mass is 10.4. The number of nitro groups is 1. The molecule has 0 saturated carbocycles. The highest BCUT2D eigenvalue weighted by Crippen LogP contribution is 2.20. The normalized spacial score (nSPS) is 9.82. The largest absolute Gasteiger partial charge is 0.361 e. The molecular formula is C9H11ClN4O3. The zero-order valence-corrected chi connectivity index (χ0v) is 10.1. The van der Waals surface area contributed by atoms with Crippen molar-refractivity contribution in [3.63, 3.8) is 0 Å². The van der Waals surface area contributed by atoms with Gasteiger partial charge in [-0.3, -0.25) is 14.9 Å². The fourth-order valence-electron chi connectivity index (χ4n) is 1.00. The second-order valence-electron chi connectivity index (χ2n) is 3.43. The van der Waals surface area contributed by atoms with Crippen molar-refractivity contribution in [2.45, 2.75) is 0 Å². The highest BCUT2D eigenvalue weighted by Gasteiger charge is 2.11. The molecule has 0 unspecified atom stereocenters. The highest BCUT2D eigenvalue weighted by molar-refractivity contribution is 6.29. The fraction of sp³-hybridized carbons (Fsp3) is 0.333. The number of nitrogens with one attached hydrogen (secondary N) is 1. The van der Waals surface area contributed by atoms with Crippen LogP contribution in [0, 0.1) is 10.1 Å². The van der Waals surface area contributed by atoms with Crippen LogP contribution in [-0.4, -0.2) is 41.4 Å². The topological polar surface area (TPSA) is 88.4 Å². The van der Waals surface area contributed by atoms with Crippen LogP contribution in [0.15, 0.2) is 12.1 Å². The maximum Gasteiger partial charge on any atom is 0.276 e. The monoisotopic (exact) mass is 258 g/mol. The van der Waals surface area contributed by atoms with Crippen LogP contribution in [-0.2, 0) is 4.79 Å². The van der Waals surface area contributed by atoms with E-state index in [2.05, 4.69) is 10.3 Å². The summed E-state index contributed by atoms with van der Waals surface area (Å²) in [6, 6.07) is 2.36. The molecule has 1 N–H and O–H groups in total. The summed E-state index contributed by atoms with van der Waals surface area (Å²) in [6.45, 7) is -0.00248. The second-order valence-corrected chi connectivity index (χ2v) is 3.82. The molecule has 0 aromatic carbocycles. The van der Waals surface area contributed by atoms with Crippen molar-refractivity contribution in [2.75, 3.05) is 26.0 Å². The standard InChI is InChI=1S/C9H11ClN4O3/c1-13(2)9(15)5-11-8-4-6(14(16)17)3-7(10)12-8/h3-4H,5H2,1-2H3,(H,11,12). The Morgan fingerprint density at radius 2 is 2.24 bits per heavy atom. The predicted octanol–water partition coefficient (Wildman–Crippen LogP) is 1.14. The van der Waals surface area contributed by atoms with E-state index < -0.39 is 4.92 Å². The van der Waals surface area contributed by atoms with Crippen LogP contribution >= 0.6 is 11.6 Å². The molecule has 7 nitrogen and oxygen atoms in total. The van der Waals surface area contributed by atoms with Gasteiger partial charge in [-0.05, 0) is 0 Å². The number of halogens is 1. The molecule has 0 aliphatic carbocycles. The summed E-state index contributed by atoms with van der Waals surface area (Å²) in [4.78, 5) is 26.5. The lowest BCUT2D eigenvalue weighted by Crippen LogP contribution is -2.28. The van der Waals surface area contributed by atoms with Crippen molar-refractivity contribution < 1.29 is 9.72 Å². The summed E-state index contributed by atoms with van der Waals surface area (Å²) in [5, 5.41) is 13.2. The average Bonchev–Trinajstić information content (AvgIpc) is 2.24. The first-order valence-corrected chi connectivity index (χ1v) is 5.04. The number of rotatable bonds is 4. The van der Waals surface area contributed by atoms with E-state index >= 15 is 0 Å². The molecule has 0 atom stereocenters. The van der Waals surface area contributed by atoms with Crippen molar-refractivity contribution in [1.82, 2.24) is 9.88 Å². The van der Waals surface area contributed by atoms with Gasteiger partial charge in [0.15, 0.2) is 0 Å². The van der Waals surface area contributed by atoms with Crippen LogP contribution in [0.5, 0.6) is 0 Å². The van der Waals surface area contributed by atoms with E-state index in [0.29, 0.717) is 0 Å². The predicted molar refractivity (Wildman–Crippen MR) is 63.1 cm³/mol. The molecule has 92 valence electrons. The van der Waals surface area contributed by atoms with Gasteiger partial charge >= 0.3 is 0 Å². The van der Waals surface area contributed by atoms with Gasteiger partial charge in [0, 0.05) is 14.1 Å². The Bertz CT molecular complexity index is 450. The Morgan fingerprint density at radius 1 is 1.59 bits per heavy atom. The Morgan fingerprint density at radius 3 is 2.76 bits per heavy atom. The summed E-state index contributed by atoms with van der Waals surface area (Å²) in [6.07, 6.45) is 0. The molecule has 0 bridgehead atoms. The van der Waals surface area contributed by atoms with E-state index in [9.17, 15) is 14.9 Å². The lowest BCUT2D eigenvalue weighted by Gasteiger charge is -2.11. The number of aromatic nitrogens is 1. The van der Waals surface area contributed by atoms with Crippen LogP contribution in [0.1, 0.15) is 0 Å². The number of hydrogen-bond donors (Lipinski definition) is 1. The van der Waals surface area contributed by atoms with Gasteiger partial charge in [-0.25, -0.2) is 4.98 Å². The SMILES string of the molecule is CN(C)C(=O)CNc1cc([N+](=O)[O-])cc(Cl)n1. The Labute approximate surface area is 103 Å². The molecular weight excluding hydrogens is 248 g/mol. The number of carbonyl (C=O) groups is 1. The van der Waals surface area contributed by atoms with Gasteiger partial charge in [0.05, 0.1) is 23.6 Å².